The summed E-state index contributed by atoms with van der Waals surface area (Å²) in [6.07, 6.45) is 6.42. The van der Waals surface area contributed by atoms with Gasteiger partial charge in [0.15, 0.2) is 0 Å². The van der Waals surface area contributed by atoms with E-state index in [1.165, 1.54) is 12.5 Å². The molecule has 128 valence electrons. The number of hydrogen-bond acceptors (Lipinski definition) is 4. The van der Waals surface area contributed by atoms with Gasteiger partial charge in [-0.15, -0.1) is 0 Å². The fourth-order valence-electron chi connectivity index (χ4n) is 2.90. The van der Waals surface area contributed by atoms with Gasteiger partial charge in [0, 0.05) is 16.1 Å². The topological polar surface area (TPSA) is 63.2 Å². The van der Waals surface area contributed by atoms with Crippen molar-refractivity contribution in [3.63, 3.8) is 0 Å². The fourth-order valence-corrected chi connectivity index (χ4v) is 3.30. The number of nitrogens with zero attached hydrogens (tertiary/aromatic N) is 1. The Hall–Kier alpha value is -2.32. The average molecular weight is 400 g/mol. The number of ether oxygens (including phenoxy) is 1. The molecule has 5 heteroatoms. The Morgan fingerprint density at radius 1 is 1.24 bits per heavy atom. The van der Waals surface area contributed by atoms with Crippen molar-refractivity contribution in [1.82, 2.24) is 0 Å². The third kappa shape index (κ3) is 4.61. The van der Waals surface area contributed by atoms with Crippen molar-refractivity contribution in [2.24, 2.45) is 0 Å². The molecule has 0 saturated heterocycles. The third-order valence-electron chi connectivity index (χ3n) is 4.19. The molecule has 0 aliphatic heterocycles. The maximum atomic E-state index is 12.2. The van der Waals surface area contributed by atoms with Crippen LogP contribution >= 0.6 is 15.9 Å². The van der Waals surface area contributed by atoms with Crippen LogP contribution in [0.3, 0.4) is 0 Å². The van der Waals surface area contributed by atoms with Gasteiger partial charge in [0.25, 0.3) is 0 Å². The molecule has 0 bridgehead atoms. The summed E-state index contributed by atoms with van der Waals surface area (Å²) in [6.45, 7) is 0. The van der Waals surface area contributed by atoms with Gasteiger partial charge in [-0.2, -0.15) is 5.26 Å². The molecule has 3 rings (SSSR count). The molecule has 0 unspecified atom stereocenters. The molecule has 0 radical (unpaired) electrons. The van der Waals surface area contributed by atoms with Crippen LogP contribution in [0, 0.1) is 11.3 Å². The van der Waals surface area contributed by atoms with Gasteiger partial charge in [-0.1, -0.05) is 34.5 Å². The Morgan fingerprint density at radius 3 is 2.76 bits per heavy atom. The number of halogens is 1. The first-order valence-corrected chi connectivity index (χ1v) is 9.13. The fraction of sp³-hybridized carbons (Fsp3) is 0.300. The minimum atomic E-state index is -0.574. The molecular weight excluding hydrogens is 382 g/mol. The predicted octanol–water partition coefficient (Wildman–Crippen LogP) is 5.49. The molecule has 0 spiro atoms. The number of esters is 1. The van der Waals surface area contributed by atoms with Crippen molar-refractivity contribution < 1.29 is 13.9 Å². The lowest BCUT2D eigenvalue weighted by Crippen LogP contribution is -2.21. The maximum Gasteiger partial charge on any atom is 0.349 e. The smallest absolute Gasteiger partial charge is 0.349 e. The molecule has 0 N–H and O–H groups in total. The summed E-state index contributed by atoms with van der Waals surface area (Å²) in [6, 6.07) is 13.2. The molecule has 0 atom stereocenters. The van der Waals surface area contributed by atoms with Crippen molar-refractivity contribution in [3.8, 4) is 17.4 Å². The van der Waals surface area contributed by atoms with Crippen molar-refractivity contribution in [2.45, 2.75) is 38.2 Å². The molecule has 2 aromatic rings. The third-order valence-corrected chi connectivity index (χ3v) is 4.68. The summed E-state index contributed by atoms with van der Waals surface area (Å²) in [5.74, 6) is 0.549. The van der Waals surface area contributed by atoms with Gasteiger partial charge in [-0.05, 0) is 49.9 Å². The van der Waals surface area contributed by atoms with E-state index in [-0.39, 0.29) is 11.7 Å². The molecule has 1 aromatic carbocycles. The summed E-state index contributed by atoms with van der Waals surface area (Å²) in [5.41, 5.74) is 0.873. The molecule has 1 fully saturated rings. The standard InChI is InChI=1S/C20H18BrNO3/c21-16-6-4-5-14(11-16)19-10-9-18(24-19)12-15(13-22)20(23)25-17-7-2-1-3-8-17/h4-6,9-12,17H,1-3,7-8H2. The molecule has 1 heterocycles. The number of furan rings is 1. The number of rotatable bonds is 4. The van der Waals surface area contributed by atoms with Crippen LogP contribution in [0.1, 0.15) is 37.9 Å². The van der Waals surface area contributed by atoms with Gasteiger partial charge < -0.3 is 9.15 Å². The van der Waals surface area contributed by atoms with Gasteiger partial charge in [-0.3, -0.25) is 0 Å². The number of benzene rings is 1. The van der Waals surface area contributed by atoms with Crippen molar-refractivity contribution in [1.29, 1.82) is 5.26 Å². The molecule has 1 aliphatic carbocycles. The van der Waals surface area contributed by atoms with Gasteiger partial charge in [0.2, 0.25) is 0 Å². The monoisotopic (exact) mass is 399 g/mol. The zero-order chi connectivity index (χ0) is 17.6. The highest BCUT2D eigenvalue weighted by Gasteiger charge is 2.20. The summed E-state index contributed by atoms with van der Waals surface area (Å²) < 4.78 is 12.1. The number of hydrogen-bond donors (Lipinski definition) is 0. The van der Waals surface area contributed by atoms with E-state index in [9.17, 15) is 10.1 Å². The van der Waals surface area contributed by atoms with E-state index in [4.69, 9.17) is 9.15 Å². The van der Waals surface area contributed by atoms with Crippen LogP contribution in [0.15, 0.2) is 50.9 Å². The van der Waals surface area contributed by atoms with E-state index in [0.29, 0.717) is 11.5 Å². The van der Waals surface area contributed by atoms with Crippen LogP contribution in [0.25, 0.3) is 17.4 Å². The Morgan fingerprint density at radius 2 is 2.04 bits per heavy atom. The van der Waals surface area contributed by atoms with Crippen molar-refractivity contribution >= 4 is 28.0 Å². The Labute approximate surface area is 155 Å². The SMILES string of the molecule is N#CC(=Cc1ccc(-c2cccc(Br)c2)o1)C(=O)OC1CCCCC1. The molecule has 1 aromatic heterocycles. The number of carbonyl (C=O) groups excluding carboxylic acids is 1. The van der Waals surface area contributed by atoms with Gasteiger partial charge in [0.1, 0.15) is 29.3 Å². The van der Waals surface area contributed by atoms with E-state index in [2.05, 4.69) is 15.9 Å². The van der Waals surface area contributed by atoms with E-state index < -0.39 is 5.97 Å². The maximum absolute atomic E-state index is 12.2. The summed E-state index contributed by atoms with van der Waals surface area (Å²) in [5, 5.41) is 9.28. The quantitative estimate of drug-likeness (QED) is 0.387. The minimum absolute atomic E-state index is 0.0410. The second-order valence-corrected chi connectivity index (χ2v) is 6.96. The van der Waals surface area contributed by atoms with Gasteiger partial charge in [-0.25, -0.2) is 4.79 Å². The molecule has 1 saturated carbocycles. The van der Waals surface area contributed by atoms with Crippen LogP contribution < -0.4 is 0 Å². The first-order valence-electron chi connectivity index (χ1n) is 8.34. The van der Waals surface area contributed by atoms with Crippen LogP contribution in [0.5, 0.6) is 0 Å². The lowest BCUT2D eigenvalue weighted by molar-refractivity contribution is -0.145. The van der Waals surface area contributed by atoms with Crippen molar-refractivity contribution in [3.05, 3.63) is 52.2 Å². The van der Waals surface area contributed by atoms with Crippen LogP contribution in [-0.4, -0.2) is 12.1 Å². The van der Waals surface area contributed by atoms with Gasteiger partial charge in [0.05, 0.1) is 0 Å². The highest BCUT2D eigenvalue weighted by molar-refractivity contribution is 9.10. The summed E-state index contributed by atoms with van der Waals surface area (Å²) >= 11 is 3.43. The van der Waals surface area contributed by atoms with Gasteiger partial charge >= 0.3 is 5.97 Å². The molecule has 1 aliphatic rings. The first-order chi connectivity index (χ1) is 12.2. The second-order valence-electron chi connectivity index (χ2n) is 6.05. The van der Waals surface area contributed by atoms with Crippen LogP contribution in [0.4, 0.5) is 0 Å². The highest BCUT2D eigenvalue weighted by Crippen LogP contribution is 2.26. The van der Waals surface area contributed by atoms with Crippen LogP contribution in [-0.2, 0) is 9.53 Å². The Kier molecular flexibility index (Phi) is 5.72. The predicted molar refractivity (Wildman–Crippen MR) is 98.4 cm³/mol. The van der Waals surface area contributed by atoms with Crippen LogP contribution in [0.2, 0.25) is 0 Å². The molecule has 4 nitrogen and oxygen atoms in total. The normalized spacial score (nSPS) is 15.6. The van der Waals surface area contributed by atoms with E-state index >= 15 is 0 Å². The number of carbonyl (C=O) groups is 1. The first kappa shape index (κ1) is 17.5. The van der Waals surface area contributed by atoms with Crippen molar-refractivity contribution in [2.75, 3.05) is 0 Å². The molecule has 0 amide bonds. The van der Waals surface area contributed by atoms with E-state index in [0.717, 1.165) is 35.7 Å². The highest BCUT2D eigenvalue weighted by atomic mass is 79.9. The minimum Gasteiger partial charge on any atom is -0.458 e. The number of nitriles is 1. The average Bonchev–Trinajstić information content (AvgIpc) is 3.09. The second kappa shape index (κ2) is 8.17. The Balaban J connectivity index is 1.74. The zero-order valence-corrected chi connectivity index (χ0v) is 15.3. The van der Waals surface area contributed by atoms with E-state index in [1.54, 1.807) is 6.07 Å². The summed E-state index contributed by atoms with van der Waals surface area (Å²) in [4.78, 5) is 12.2. The largest absolute Gasteiger partial charge is 0.458 e. The lowest BCUT2D eigenvalue weighted by atomic mass is 9.98. The summed E-state index contributed by atoms with van der Waals surface area (Å²) in [7, 11) is 0. The lowest BCUT2D eigenvalue weighted by Gasteiger charge is -2.21. The zero-order valence-electron chi connectivity index (χ0n) is 13.7. The van der Waals surface area contributed by atoms with E-state index in [1.807, 2.05) is 36.4 Å². The molecular formula is C20H18BrNO3. The Bertz CT molecular complexity index is 825. The molecule has 25 heavy (non-hydrogen) atoms.